The van der Waals surface area contributed by atoms with Crippen LogP contribution < -0.4 is 5.32 Å². The van der Waals surface area contributed by atoms with Crippen LogP contribution in [0.2, 0.25) is 0 Å². The Labute approximate surface area is 141 Å². The molecular formula is C20H21NO3. The molecule has 1 aliphatic carbocycles. The van der Waals surface area contributed by atoms with E-state index in [2.05, 4.69) is 5.32 Å². The van der Waals surface area contributed by atoms with E-state index in [1.807, 2.05) is 36.4 Å². The van der Waals surface area contributed by atoms with Crippen molar-refractivity contribution in [3.8, 4) is 0 Å². The van der Waals surface area contributed by atoms with Gasteiger partial charge in [0.1, 0.15) is 0 Å². The largest absolute Gasteiger partial charge is 0.393 e. The molecule has 0 aliphatic heterocycles. The van der Waals surface area contributed by atoms with Gasteiger partial charge in [-0.3, -0.25) is 9.59 Å². The summed E-state index contributed by atoms with van der Waals surface area (Å²) in [6.45, 7) is 0. The van der Waals surface area contributed by atoms with Crippen LogP contribution in [0.25, 0.3) is 0 Å². The van der Waals surface area contributed by atoms with E-state index in [1.165, 1.54) is 0 Å². The van der Waals surface area contributed by atoms with E-state index in [0.717, 1.165) is 5.56 Å². The van der Waals surface area contributed by atoms with Crippen LogP contribution in [0.4, 0.5) is 0 Å². The molecule has 0 unspecified atom stereocenters. The topological polar surface area (TPSA) is 66.4 Å². The SMILES string of the molecule is O=C(N[C@H](Cc1ccccc1)C1CC(O)C1)C(=O)c1ccccc1. The van der Waals surface area contributed by atoms with Gasteiger partial charge in [0.2, 0.25) is 5.78 Å². The monoisotopic (exact) mass is 323 g/mol. The van der Waals surface area contributed by atoms with Gasteiger partial charge in [-0.15, -0.1) is 0 Å². The highest BCUT2D eigenvalue weighted by molar-refractivity contribution is 6.42. The Balaban J connectivity index is 1.69. The molecule has 1 amide bonds. The molecule has 1 saturated carbocycles. The predicted octanol–water partition coefficient (Wildman–Crippen LogP) is 2.37. The van der Waals surface area contributed by atoms with Gasteiger partial charge in [0.05, 0.1) is 6.10 Å². The Morgan fingerprint density at radius 2 is 1.58 bits per heavy atom. The van der Waals surface area contributed by atoms with Gasteiger partial charge in [0.15, 0.2) is 0 Å². The van der Waals surface area contributed by atoms with E-state index in [4.69, 9.17) is 0 Å². The average molecular weight is 323 g/mol. The molecule has 0 bridgehead atoms. The lowest BCUT2D eigenvalue weighted by Crippen LogP contribution is -2.49. The summed E-state index contributed by atoms with van der Waals surface area (Å²) in [7, 11) is 0. The summed E-state index contributed by atoms with van der Waals surface area (Å²) in [5.74, 6) is -0.898. The number of benzene rings is 2. The number of carbonyl (C=O) groups is 2. The van der Waals surface area contributed by atoms with Crippen LogP contribution in [-0.2, 0) is 11.2 Å². The Hall–Kier alpha value is -2.46. The maximum atomic E-state index is 12.3. The van der Waals surface area contributed by atoms with Crippen LogP contribution in [0.3, 0.4) is 0 Å². The second-order valence-corrected chi connectivity index (χ2v) is 6.35. The molecule has 2 N–H and O–H groups in total. The molecule has 124 valence electrons. The predicted molar refractivity (Wildman–Crippen MR) is 91.6 cm³/mol. The Bertz CT molecular complexity index is 693. The molecule has 2 aromatic carbocycles. The highest BCUT2D eigenvalue weighted by atomic mass is 16.3. The molecule has 1 fully saturated rings. The lowest BCUT2D eigenvalue weighted by Gasteiger charge is -2.38. The molecule has 0 radical (unpaired) electrons. The maximum absolute atomic E-state index is 12.3. The van der Waals surface area contributed by atoms with Gasteiger partial charge >= 0.3 is 0 Å². The molecule has 1 aliphatic rings. The van der Waals surface area contributed by atoms with Crippen LogP contribution in [0.5, 0.6) is 0 Å². The first-order valence-corrected chi connectivity index (χ1v) is 8.25. The van der Waals surface area contributed by atoms with E-state index in [0.29, 0.717) is 24.8 Å². The first kappa shape index (κ1) is 16.4. The first-order chi connectivity index (χ1) is 11.6. The normalized spacial score (nSPS) is 20.7. The number of amides is 1. The summed E-state index contributed by atoms with van der Waals surface area (Å²) < 4.78 is 0. The quantitative estimate of drug-likeness (QED) is 0.633. The van der Waals surface area contributed by atoms with Gasteiger partial charge in [0.25, 0.3) is 5.91 Å². The minimum absolute atomic E-state index is 0.143. The van der Waals surface area contributed by atoms with Crippen molar-refractivity contribution < 1.29 is 14.7 Å². The Kier molecular flexibility index (Phi) is 5.06. The van der Waals surface area contributed by atoms with Crippen molar-refractivity contribution in [3.05, 3.63) is 71.8 Å². The van der Waals surface area contributed by atoms with Crippen LogP contribution in [0.15, 0.2) is 60.7 Å². The van der Waals surface area contributed by atoms with E-state index in [-0.39, 0.29) is 18.1 Å². The van der Waals surface area contributed by atoms with Gasteiger partial charge in [0, 0.05) is 11.6 Å². The number of aliphatic hydroxyl groups is 1. The first-order valence-electron chi connectivity index (χ1n) is 8.25. The highest BCUT2D eigenvalue weighted by Crippen LogP contribution is 2.31. The molecule has 0 saturated heterocycles. The van der Waals surface area contributed by atoms with Crippen molar-refractivity contribution in [2.24, 2.45) is 5.92 Å². The molecule has 4 nitrogen and oxygen atoms in total. The average Bonchev–Trinajstić information content (AvgIpc) is 2.59. The second-order valence-electron chi connectivity index (χ2n) is 6.35. The molecule has 3 rings (SSSR count). The number of ketones is 1. The molecule has 0 spiro atoms. The number of hydrogen-bond acceptors (Lipinski definition) is 3. The Morgan fingerprint density at radius 1 is 1.00 bits per heavy atom. The van der Waals surface area contributed by atoms with Gasteiger partial charge in [-0.1, -0.05) is 60.7 Å². The molecule has 0 heterocycles. The van der Waals surface area contributed by atoms with Gasteiger partial charge < -0.3 is 10.4 Å². The van der Waals surface area contributed by atoms with E-state index in [1.54, 1.807) is 24.3 Å². The van der Waals surface area contributed by atoms with Gasteiger partial charge in [-0.2, -0.15) is 0 Å². The second kappa shape index (κ2) is 7.41. The van der Waals surface area contributed by atoms with Gasteiger partial charge in [-0.25, -0.2) is 0 Å². The van der Waals surface area contributed by atoms with E-state index in [9.17, 15) is 14.7 Å². The lowest BCUT2D eigenvalue weighted by molar-refractivity contribution is -0.118. The van der Waals surface area contributed by atoms with Crippen LogP contribution in [-0.4, -0.2) is 28.9 Å². The van der Waals surface area contributed by atoms with Crippen molar-refractivity contribution >= 4 is 11.7 Å². The summed E-state index contributed by atoms with van der Waals surface area (Å²) in [6, 6.07) is 18.3. The molecular weight excluding hydrogens is 302 g/mol. The Morgan fingerprint density at radius 3 is 2.17 bits per heavy atom. The van der Waals surface area contributed by atoms with Crippen molar-refractivity contribution in [1.82, 2.24) is 5.32 Å². The summed E-state index contributed by atoms with van der Waals surface area (Å²) in [5.41, 5.74) is 1.50. The van der Waals surface area contributed by atoms with Crippen LogP contribution >= 0.6 is 0 Å². The number of Topliss-reactive ketones (excluding diaryl/α,β-unsaturated/α-hetero) is 1. The standard InChI is InChI=1S/C20H21NO3/c22-17-12-16(13-17)18(11-14-7-3-1-4-8-14)21-20(24)19(23)15-9-5-2-6-10-15/h1-10,16-18,22H,11-13H2,(H,21,24)/t16?,17?,18-/m1/s1. The number of carbonyl (C=O) groups excluding carboxylic acids is 2. The third kappa shape index (κ3) is 3.89. The minimum atomic E-state index is -0.580. The van der Waals surface area contributed by atoms with Crippen LogP contribution in [0.1, 0.15) is 28.8 Å². The van der Waals surface area contributed by atoms with Crippen molar-refractivity contribution in [3.63, 3.8) is 0 Å². The number of rotatable bonds is 6. The molecule has 2 aromatic rings. The number of nitrogens with one attached hydrogen (secondary N) is 1. The fourth-order valence-electron chi connectivity index (χ4n) is 3.12. The third-order valence-corrected chi connectivity index (χ3v) is 4.58. The van der Waals surface area contributed by atoms with Crippen LogP contribution in [0, 0.1) is 5.92 Å². The zero-order valence-electron chi connectivity index (χ0n) is 13.4. The summed E-state index contributed by atoms with van der Waals surface area (Å²) in [4.78, 5) is 24.6. The maximum Gasteiger partial charge on any atom is 0.292 e. The third-order valence-electron chi connectivity index (χ3n) is 4.58. The zero-order valence-corrected chi connectivity index (χ0v) is 13.4. The van der Waals surface area contributed by atoms with Crippen molar-refractivity contribution in [2.75, 3.05) is 0 Å². The fraction of sp³-hybridized carbons (Fsp3) is 0.300. The molecule has 4 heteroatoms. The summed E-state index contributed by atoms with van der Waals surface area (Å²) >= 11 is 0. The molecule has 1 atom stereocenters. The lowest BCUT2D eigenvalue weighted by atomic mass is 9.75. The number of hydrogen-bond donors (Lipinski definition) is 2. The zero-order chi connectivity index (χ0) is 16.9. The van der Waals surface area contributed by atoms with Crippen molar-refractivity contribution in [1.29, 1.82) is 0 Å². The van der Waals surface area contributed by atoms with Gasteiger partial charge in [-0.05, 0) is 30.7 Å². The van der Waals surface area contributed by atoms with E-state index >= 15 is 0 Å². The summed E-state index contributed by atoms with van der Waals surface area (Å²) in [6.07, 6.45) is 1.69. The molecule has 0 aromatic heterocycles. The fourth-order valence-corrected chi connectivity index (χ4v) is 3.12. The number of aliphatic hydroxyl groups excluding tert-OH is 1. The summed E-state index contributed by atoms with van der Waals surface area (Å²) in [5, 5.41) is 12.5. The highest BCUT2D eigenvalue weighted by Gasteiger charge is 2.35. The smallest absolute Gasteiger partial charge is 0.292 e. The minimum Gasteiger partial charge on any atom is -0.393 e. The molecule has 24 heavy (non-hydrogen) atoms. The van der Waals surface area contributed by atoms with Crippen molar-refractivity contribution in [2.45, 2.75) is 31.4 Å². The van der Waals surface area contributed by atoms with E-state index < -0.39 is 11.7 Å².